The number of hydrogen-bond donors (Lipinski definition) is 0. The molecule has 2 aliphatic rings. The average molecular weight is 397 g/mol. The van der Waals surface area contributed by atoms with Gasteiger partial charge in [-0.15, -0.1) is 0 Å². The molecule has 29 heavy (non-hydrogen) atoms. The molecule has 2 aromatic rings. The predicted molar refractivity (Wildman–Crippen MR) is 108 cm³/mol. The quantitative estimate of drug-likeness (QED) is 0.436. The third kappa shape index (κ3) is 4.02. The maximum Gasteiger partial charge on any atom is 0.344 e. The SMILES string of the molecule is COC(=O)c1cc(N2CCN(Cc3ccc4c(c3)CCO4)CC2)ccc1[N+](=O)[O-]. The van der Waals surface area contributed by atoms with Gasteiger partial charge in [-0.3, -0.25) is 15.0 Å². The summed E-state index contributed by atoms with van der Waals surface area (Å²) in [6.07, 6.45) is 0.972. The number of nitro benzene ring substituents is 1. The fourth-order valence-electron chi connectivity index (χ4n) is 3.91. The lowest BCUT2D eigenvalue weighted by atomic mass is 10.1. The van der Waals surface area contributed by atoms with Crippen LogP contribution in [0.5, 0.6) is 5.75 Å². The van der Waals surface area contributed by atoms with E-state index in [0.29, 0.717) is 0 Å². The number of ether oxygens (including phenoxy) is 2. The third-order valence-corrected chi connectivity index (χ3v) is 5.48. The summed E-state index contributed by atoms with van der Waals surface area (Å²) < 4.78 is 10.3. The fraction of sp³-hybridized carbons (Fsp3) is 0.381. The second kappa shape index (κ2) is 8.08. The summed E-state index contributed by atoms with van der Waals surface area (Å²) in [6, 6.07) is 11.0. The van der Waals surface area contributed by atoms with Gasteiger partial charge in [0.05, 0.1) is 18.6 Å². The van der Waals surface area contributed by atoms with Crippen molar-refractivity contribution >= 4 is 17.3 Å². The molecule has 8 nitrogen and oxygen atoms in total. The van der Waals surface area contributed by atoms with Crippen LogP contribution in [0.1, 0.15) is 21.5 Å². The van der Waals surface area contributed by atoms with E-state index in [1.165, 1.54) is 24.3 Å². The van der Waals surface area contributed by atoms with Crippen molar-refractivity contribution in [2.24, 2.45) is 0 Å². The molecule has 2 aliphatic heterocycles. The second-order valence-corrected chi connectivity index (χ2v) is 7.25. The molecule has 0 unspecified atom stereocenters. The molecule has 0 atom stereocenters. The lowest BCUT2D eigenvalue weighted by Crippen LogP contribution is -2.46. The van der Waals surface area contributed by atoms with Crippen LogP contribution >= 0.6 is 0 Å². The third-order valence-electron chi connectivity index (χ3n) is 5.48. The van der Waals surface area contributed by atoms with Gasteiger partial charge in [0.2, 0.25) is 0 Å². The van der Waals surface area contributed by atoms with E-state index in [9.17, 15) is 14.9 Å². The van der Waals surface area contributed by atoms with Crippen molar-refractivity contribution in [2.75, 3.05) is 44.8 Å². The number of methoxy groups -OCH3 is 1. The first-order valence-corrected chi connectivity index (χ1v) is 9.64. The first-order chi connectivity index (χ1) is 14.0. The van der Waals surface area contributed by atoms with Crippen LogP contribution in [0.25, 0.3) is 0 Å². The smallest absolute Gasteiger partial charge is 0.344 e. The molecule has 0 aliphatic carbocycles. The van der Waals surface area contributed by atoms with Gasteiger partial charge in [0.15, 0.2) is 0 Å². The van der Waals surface area contributed by atoms with Gasteiger partial charge in [0.1, 0.15) is 11.3 Å². The molecule has 2 aromatic carbocycles. The van der Waals surface area contributed by atoms with Crippen molar-refractivity contribution in [2.45, 2.75) is 13.0 Å². The minimum Gasteiger partial charge on any atom is -0.493 e. The Morgan fingerprint density at radius 1 is 1.17 bits per heavy atom. The molecule has 0 aromatic heterocycles. The molecule has 152 valence electrons. The van der Waals surface area contributed by atoms with E-state index in [1.807, 2.05) is 0 Å². The maximum atomic E-state index is 11.9. The summed E-state index contributed by atoms with van der Waals surface area (Å²) in [4.78, 5) is 27.1. The molecule has 8 heteroatoms. The molecule has 1 fully saturated rings. The maximum absolute atomic E-state index is 11.9. The summed E-state index contributed by atoms with van der Waals surface area (Å²) in [5.41, 5.74) is 3.11. The van der Waals surface area contributed by atoms with Crippen molar-refractivity contribution in [1.82, 2.24) is 4.90 Å². The van der Waals surface area contributed by atoms with E-state index in [0.717, 1.165) is 57.2 Å². The fourth-order valence-corrected chi connectivity index (χ4v) is 3.91. The molecule has 0 saturated carbocycles. The number of esters is 1. The van der Waals surface area contributed by atoms with Crippen LogP contribution < -0.4 is 9.64 Å². The van der Waals surface area contributed by atoms with Gasteiger partial charge in [-0.2, -0.15) is 0 Å². The van der Waals surface area contributed by atoms with E-state index in [1.54, 1.807) is 12.1 Å². The number of carbonyl (C=O) groups excluding carboxylic acids is 1. The molecule has 1 saturated heterocycles. The minimum absolute atomic E-state index is 0.0159. The Balaban J connectivity index is 1.41. The van der Waals surface area contributed by atoms with Crippen LogP contribution in [-0.4, -0.2) is 55.7 Å². The van der Waals surface area contributed by atoms with Crippen molar-refractivity contribution in [3.8, 4) is 5.75 Å². The highest BCUT2D eigenvalue weighted by Crippen LogP contribution is 2.28. The number of nitrogens with zero attached hydrogens (tertiary/aromatic N) is 3. The summed E-state index contributed by atoms with van der Waals surface area (Å²) >= 11 is 0. The number of fused-ring (bicyclic) bond motifs is 1. The van der Waals surface area contributed by atoms with E-state index in [4.69, 9.17) is 9.47 Å². The number of anilines is 1. The Bertz CT molecular complexity index is 938. The first kappa shape index (κ1) is 19.2. The van der Waals surface area contributed by atoms with Gasteiger partial charge < -0.3 is 14.4 Å². The Kier molecular flexibility index (Phi) is 5.35. The van der Waals surface area contributed by atoms with Crippen molar-refractivity contribution in [3.63, 3.8) is 0 Å². The van der Waals surface area contributed by atoms with Crippen LogP contribution in [0.4, 0.5) is 11.4 Å². The van der Waals surface area contributed by atoms with Crippen LogP contribution in [-0.2, 0) is 17.7 Å². The number of nitro groups is 1. The number of rotatable bonds is 5. The Hall–Kier alpha value is -3.13. The van der Waals surface area contributed by atoms with Gasteiger partial charge in [-0.25, -0.2) is 4.79 Å². The van der Waals surface area contributed by atoms with Gasteiger partial charge in [-0.05, 0) is 29.3 Å². The van der Waals surface area contributed by atoms with Crippen LogP contribution in [0.2, 0.25) is 0 Å². The van der Waals surface area contributed by atoms with Gasteiger partial charge in [0, 0.05) is 50.9 Å². The average Bonchev–Trinajstić information content (AvgIpc) is 3.21. The highest BCUT2D eigenvalue weighted by Gasteiger charge is 2.24. The Morgan fingerprint density at radius 2 is 1.97 bits per heavy atom. The standard InChI is InChI=1S/C21H23N3O5/c1-28-21(25)18-13-17(3-4-19(18)24(26)27)23-9-7-22(8-10-23)14-15-2-5-20-16(12-15)6-11-29-20/h2-5,12-13H,6-11,14H2,1H3. The van der Waals surface area contributed by atoms with E-state index in [-0.39, 0.29) is 11.3 Å². The number of hydrogen-bond acceptors (Lipinski definition) is 7. The largest absolute Gasteiger partial charge is 0.493 e. The zero-order valence-electron chi connectivity index (χ0n) is 16.3. The van der Waals surface area contributed by atoms with Crippen molar-refractivity contribution in [1.29, 1.82) is 0 Å². The summed E-state index contributed by atoms with van der Waals surface area (Å²) in [5.74, 6) is 0.302. The predicted octanol–water partition coefficient (Wildman–Crippen LogP) is 2.64. The van der Waals surface area contributed by atoms with E-state index < -0.39 is 10.9 Å². The molecule has 4 rings (SSSR count). The Morgan fingerprint density at radius 3 is 2.69 bits per heavy atom. The molecule has 2 heterocycles. The van der Waals surface area contributed by atoms with Gasteiger partial charge in [-0.1, -0.05) is 12.1 Å². The van der Waals surface area contributed by atoms with E-state index >= 15 is 0 Å². The zero-order valence-corrected chi connectivity index (χ0v) is 16.3. The molecule has 0 bridgehead atoms. The number of piperazine rings is 1. The highest BCUT2D eigenvalue weighted by molar-refractivity contribution is 5.95. The van der Waals surface area contributed by atoms with Crippen LogP contribution in [0.15, 0.2) is 36.4 Å². The first-order valence-electron chi connectivity index (χ1n) is 9.64. The van der Waals surface area contributed by atoms with Gasteiger partial charge >= 0.3 is 5.97 Å². The normalized spacial score (nSPS) is 16.2. The second-order valence-electron chi connectivity index (χ2n) is 7.25. The molecular weight excluding hydrogens is 374 g/mol. The number of benzene rings is 2. The Labute approximate surface area is 168 Å². The van der Waals surface area contributed by atoms with Crippen molar-refractivity contribution < 1.29 is 19.2 Å². The van der Waals surface area contributed by atoms with Crippen molar-refractivity contribution in [3.05, 3.63) is 63.2 Å². The highest BCUT2D eigenvalue weighted by atomic mass is 16.6. The number of carbonyl (C=O) groups is 1. The topological polar surface area (TPSA) is 85.2 Å². The van der Waals surface area contributed by atoms with Crippen LogP contribution in [0, 0.1) is 10.1 Å². The lowest BCUT2D eigenvalue weighted by molar-refractivity contribution is -0.385. The zero-order chi connectivity index (χ0) is 20.4. The molecule has 0 spiro atoms. The summed E-state index contributed by atoms with van der Waals surface area (Å²) in [5, 5.41) is 11.2. The minimum atomic E-state index is -0.697. The van der Waals surface area contributed by atoms with Crippen LogP contribution in [0.3, 0.4) is 0 Å². The lowest BCUT2D eigenvalue weighted by Gasteiger charge is -2.36. The molecule has 0 N–H and O–H groups in total. The molecule has 0 amide bonds. The molecular formula is C21H23N3O5. The van der Waals surface area contributed by atoms with E-state index in [2.05, 4.69) is 28.0 Å². The summed E-state index contributed by atoms with van der Waals surface area (Å²) in [7, 11) is 1.22. The molecule has 0 radical (unpaired) electrons. The van der Waals surface area contributed by atoms with Gasteiger partial charge in [0.25, 0.3) is 5.69 Å². The summed E-state index contributed by atoms with van der Waals surface area (Å²) in [6.45, 7) is 4.96. The monoisotopic (exact) mass is 397 g/mol.